The highest BCUT2D eigenvalue weighted by Crippen LogP contribution is 2.35. The molecule has 2 unspecified atom stereocenters. The standard InChI is InChI=1S/C23H28O6/c1-7-8-17-9-11-20(21(13-17)26-5)28-15(2)23(29-16(3)24)18-10-12-19(25-4)22(14-18)27-6/h7-15,23H,1-6H3. The van der Waals surface area contributed by atoms with E-state index in [1.54, 1.807) is 33.5 Å². The largest absolute Gasteiger partial charge is 0.493 e. The summed E-state index contributed by atoms with van der Waals surface area (Å²) in [6, 6.07) is 11.0. The first-order chi connectivity index (χ1) is 13.9. The molecule has 0 aliphatic rings. The van der Waals surface area contributed by atoms with E-state index in [1.807, 2.05) is 50.3 Å². The van der Waals surface area contributed by atoms with Crippen molar-refractivity contribution in [1.82, 2.24) is 0 Å². The van der Waals surface area contributed by atoms with Crippen molar-refractivity contribution >= 4 is 12.0 Å². The highest BCUT2D eigenvalue weighted by atomic mass is 16.6. The summed E-state index contributed by atoms with van der Waals surface area (Å²) in [5.74, 6) is 1.89. The second-order valence-electron chi connectivity index (χ2n) is 6.38. The third-order valence-corrected chi connectivity index (χ3v) is 4.32. The maximum absolute atomic E-state index is 11.7. The third-order valence-electron chi connectivity index (χ3n) is 4.32. The molecule has 2 aromatic carbocycles. The maximum atomic E-state index is 11.7. The number of allylic oxidation sites excluding steroid dienone is 1. The molecule has 2 rings (SSSR count). The molecule has 2 atom stereocenters. The summed E-state index contributed by atoms with van der Waals surface area (Å²) in [5, 5.41) is 0. The van der Waals surface area contributed by atoms with Gasteiger partial charge in [-0.15, -0.1) is 0 Å². The lowest BCUT2D eigenvalue weighted by Crippen LogP contribution is -2.26. The van der Waals surface area contributed by atoms with Crippen LogP contribution in [-0.2, 0) is 9.53 Å². The zero-order valence-electron chi connectivity index (χ0n) is 17.7. The Morgan fingerprint density at radius 3 is 2.10 bits per heavy atom. The van der Waals surface area contributed by atoms with Crippen molar-refractivity contribution in [2.75, 3.05) is 21.3 Å². The Kier molecular flexibility index (Phi) is 7.95. The molecule has 6 heteroatoms. The summed E-state index contributed by atoms with van der Waals surface area (Å²) >= 11 is 0. The molecule has 0 amide bonds. The number of carbonyl (C=O) groups excluding carboxylic acids is 1. The van der Waals surface area contributed by atoms with Crippen LogP contribution in [0.4, 0.5) is 0 Å². The van der Waals surface area contributed by atoms with E-state index in [9.17, 15) is 4.79 Å². The van der Waals surface area contributed by atoms with Crippen LogP contribution in [0, 0.1) is 0 Å². The maximum Gasteiger partial charge on any atom is 0.303 e. The molecule has 0 N–H and O–H groups in total. The molecule has 6 nitrogen and oxygen atoms in total. The monoisotopic (exact) mass is 400 g/mol. The van der Waals surface area contributed by atoms with Gasteiger partial charge in [-0.25, -0.2) is 0 Å². The Bertz CT molecular complexity index is 858. The van der Waals surface area contributed by atoms with Crippen LogP contribution in [0.5, 0.6) is 23.0 Å². The van der Waals surface area contributed by atoms with Crippen molar-refractivity contribution in [3.63, 3.8) is 0 Å². The van der Waals surface area contributed by atoms with Gasteiger partial charge in [0, 0.05) is 12.5 Å². The van der Waals surface area contributed by atoms with Gasteiger partial charge in [-0.2, -0.15) is 0 Å². The molecule has 0 saturated carbocycles. The minimum absolute atomic E-state index is 0.407. The van der Waals surface area contributed by atoms with Gasteiger partial charge in [0.25, 0.3) is 0 Å². The lowest BCUT2D eigenvalue weighted by Gasteiger charge is -2.26. The third kappa shape index (κ3) is 5.67. The Morgan fingerprint density at radius 2 is 1.52 bits per heavy atom. The quantitative estimate of drug-likeness (QED) is 0.563. The van der Waals surface area contributed by atoms with Crippen molar-refractivity contribution in [2.45, 2.75) is 33.0 Å². The fraction of sp³-hybridized carbons (Fsp3) is 0.348. The van der Waals surface area contributed by atoms with Crippen molar-refractivity contribution in [3.05, 3.63) is 53.6 Å². The lowest BCUT2D eigenvalue weighted by atomic mass is 10.0. The van der Waals surface area contributed by atoms with Gasteiger partial charge >= 0.3 is 5.97 Å². The van der Waals surface area contributed by atoms with Crippen molar-refractivity contribution in [3.8, 4) is 23.0 Å². The fourth-order valence-electron chi connectivity index (χ4n) is 2.98. The molecule has 0 aliphatic carbocycles. The smallest absolute Gasteiger partial charge is 0.303 e. The van der Waals surface area contributed by atoms with Gasteiger partial charge < -0.3 is 23.7 Å². The number of rotatable bonds is 9. The SMILES string of the molecule is CC=Cc1ccc(OC(C)C(OC(C)=O)c2ccc(OC)c(OC)c2)c(OC)c1. The number of methoxy groups -OCH3 is 3. The molecule has 0 spiro atoms. The van der Waals surface area contributed by atoms with E-state index >= 15 is 0 Å². The van der Waals surface area contributed by atoms with Gasteiger partial charge in [-0.05, 0) is 43.7 Å². The Labute approximate surface area is 172 Å². The summed E-state index contributed by atoms with van der Waals surface area (Å²) < 4.78 is 27.8. The average molecular weight is 400 g/mol. The first kappa shape index (κ1) is 22.1. The first-order valence-electron chi connectivity index (χ1n) is 9.30. The Hall–Kier alpha value is -3.15. The molecule has 0 radical (unpaired) electrons. The van der Waals surface area contributed by atoms with Crippen LogP contribution >= 0.6 is 0 Å². The molecule has 29 heavy (non-hydrogen) atoms. The molecule has 0 fully saturated rings. The number of esters is 1. The van der Waals surface area contributed by atoms with Gasteiger partial charge in [0.1, 0.15) is 6.10 Å². The molecular formula is C23H28O6. The molecule has 156 valence electrons. The molecule has 0 heterocycles. The topological polar surface area (TPSA) is 63.2 Å². The lowest BCUT2D eigenvalue weighted by molar-refractivity contribution is -0.151. The number of ether oxygens (including phenoxy) is 5. The highest BCUT2D eigenvalue weighted by molar-refractivity contribution is 5.66. The van der Waals surface area contributed by atoms with Gasteiger partial charge in [-0.3, -0.25) is 4.79 Å². The molecule has 0 aromatic heterocycles. The predicted octanol–water partition coefficient (Wildman–Crippen LogP) is 4.82. The summed E-state index contributed by atoms with van der Waals surface area (Å²) in [4.78, 5) is 11.7. The van der Waals surface area contributed by atoms with Gasteiger partial charge in [0.05, 0.1) is 21.3 Å². The van der Waals surface area contributed by atoms with Crippen LogP contribution < -0.4 is 18.9 Å². The molecule has 0 aliphatic heterocycles. The summed E-state index contributed by atoms with van der Waals surface area (Å²) in [5.41, 5.74) is 1.73. The second-order valence-corrected chi connectivity index (χ2v) is 6.38. The molecule has 2 aromatic rings. The van der Waals surface area contributed by atoms with Crippen LogP contribution in [0.15, 0.2) is 42.5 Å². The first-order valence-corrected chi connectivity index (χ1v) is 9.30. The molecule has 0 saturated heterocycles. The molecular weight excluding hydrogens is 372 g/mol. The minimum Gasteiger partial charge on any atom is -0.493 e. The van der Waals surface area contributed by atoms with Crippen molar-refractivity contribution < 1.29 is 28.5 Å². The van der Waals surface area contributed by atoms with E-state index in [0.29, 0.717) is 23.0 Å². The van der Waals surface area contributed by atoms with E-state index in [4.69, 9.17) is 23.7 Å². The van der Waals surface area contributed by atoms with Gasteiger partial charge in [0.2, 0.25) is 0 Å². The molecule has 0 bridgehead atoms. The van der Waals surface area contributed by atoms with Gasteiger partial charge in [-0.1, -0.05) is 24.3 Å². The zero-order chi connectivity index (χ0) is 21.4. The number of benzene rings is 2. The normalized spacial score (nSPS) is 12.9. The van der Waals surface area contributed by atoms with E-state index < -0.39 is 18.2 Å². The van der Waals surface area contributed by atoms with E-state index in [0.717, 1.165) is 11.1 Å². The van der Waals surface area contributed by atoms with Crippen molar-refractivity contribution in [2.24, 2.45) is 0 Å². The summed E-state index contributed by atoms with van der Waals surface area (Å²) in [7, 11) is 4.71. The number of hydrogen-bond acceptors (Lipinski definition) is 6. The van der Waals surface area contributed by atoms with Gasteiger partial charge in [0.15, 0.2) is 29.1 Å². The highest BCUT2D eigenvalue weighted by Gasteiger charge is 2.26. The van der Waals surface area contributed by atoms with Crippen molar-refractivity contribution in [1.29, 1.82) is 0 Å². The number of hydrogen-bond donors (Lipinski definition) is 0. The van der Waals surface area contributed by atoms with E-state index in [-0.39, 0.29) is 0 Å². The average Bonchev–Trinajstić information content (AvgIpc) is 2.72. The Balaban J connectivity index is 2.35. The minimum atomic E-state index is -0.646. The summed E-state index contributed by atoms with van der Waals surface area (Å²) in [6.45, 7) is 5.16. The second kappa shape index (κ2) is 10.4. The van der Waals surface area contributed by atoms with E-state index in [2.05, 4.69) is 0 Å². The predicted molar refractivity (Wildman–Crippen MR) is 112 cm³/mol. The van der Waals surface area contributed by atoms with Crippen LogP contribution in [-0.4, -0.2) is 33.4 Å². The van der Waals surface area contributed by atoms with E-state index in [1.165, 1.54) is 6.92 Å². The summed E-state index contributed by atoms with van der Waals surface area (Å²) in [6.07, 6.45) is 2.79. The Morgan fingerprint density at radius 1 is 0.897 bits per heavy atom. The number of carbonyl (C=O) groups is 1. The van der Waals surface area contributed by atoms with Crippen LogP contribution in [0.2, 0.25) is 0 Å². The fourth-order valence-corrected chi connectivity index (χ4v) is 2.98. The van der Waals surface area contributed by atoms with Crippen LogP contribution in [0.1, 0.15) is 38.0 Å². The van der Waals surface area contributed by atoms with Crippen LogP contribution in [0.3, 0.4) is 0 Å². The van der Waals surface area contributed by atoms with Crippen LogP contribution in [0.25, 0.3) is 6.08 Å². The zero-order valence-corrected chi connectivity index (χ0v) is 17.7.